The Morgan fingerprint density at radius 2 is 1.67 bits per heavy atom. The molecule has 0 unspecified atom stereocenters. The van der Waals surface area contributed by atoms with Crippen LogP contribution in [-0.2, 0) is 4.79 Å². The predicted octanol–water partition coefficient (Wildman–Crippen LogP) is 4.21. The first kappa shape index (κ1) is 13.9. The zero-order valence-corrected chi connectivity index (χ0v) is 10.6. The van der Waals surface area contributed by atoms with E-state index in [1.807, 2.05) is 26.8 Å². The maximum absolute atomic E-state index is 11.6. The molecule has 0 rings (SSSR count). The van der Waals surface area contributed by atoms with Crippen molar-refractivity contribution in [3.63, 3.8) is 0 Å². The van der Waals surface area contributed by atoms with E-state index < -0.39 is 0 Å². The Balaban J connectivity index is 4.19. The molecule has 84 valence electrons. The third kappa shape index (κ3) is 6.89. The van der Waals surface area contributed by atoms with Gasteiger partial charge in [-0.25, -0.2) is 0 Å². The molecule has 0 aliphatic rings. The maximum Gasteiger partial charge on any atom is 0.162 e. The van der Waals surface area contributed by atoms with Crippen LogP contribution in [0.25, 0.3) is 0 Å². The lowest BCUT2D eigenvalue weighted by atomic mass is 10.0. The van der Waals surface area contributed by atoms with E-state index >= 15 is 0 Å². The lowest BCUT2D eigenvalue weighted by molar-refractivity contribution is -0.114. The number of carbonyl (C=O) groups excluding carboxylic acids is 1. The van der Waals surface area contributed by atoms with Gasteiger partial charge in [-0.3, -0.25) is 4.79 Å². The number of hydrogen-bond acceptors (Lipinski definition) is 1. The van der Waals surface area contributed by atoms with Gasteiger partial charge in [-0.05, 0) is 46.6 Å². The first-order valence-corrected chi connectivity index (χ1v) is 5.42. The van der Waals surface area contributed by atoms with E-state index in [2.05, 4.69) is 26.0 Å². The quantitative estimate of drug-likeness (QED) is 0.486. The van der Waals surface area contributed by atoms with Crippen LogP contribution in [0.1, 0.15) is 47.5 Å². The number of rotatable bonds is 5. The zero-order chi connectivity index (χ0) is 11.8. The molecule has 0 fully saturated rings. The molecule has 0 radical (unpaired) electrons. The van der Waals surface area contributed by atoms with Crippen molar-refractivity contribution in [2.75, 3.05) is 0 Å². The third-order valence-electron chi connectivity index (χ3n) is 2.30. The van der Waals surface area contributed by atoms with E-state index in [-0.39, 0.29) is 5.78 Å². The van der Waals surface area contributed by atoms with Crippen molar-refractivity contribution in [3.8, 4) is 0 Å². The van der Waals surface area contributed by atoms with Crippen molar-refractivity contribution in [2.24, 2.45) is 0 Å². The Morgan fingerprint density at radius 1 is 1.07 bits per heavy atom. The number of Topliss-reactive ketones (excluding diaryl/α,β-unsaturated/α-hetero) is 1. The summed E-state index contributed by atoms with van der Waals surface area (Å²) in [5, 5.41) is 0. The average Bonchev–Trinajstić information content (AvgIpc) is 2.15. The van der Waals surface area contributed by atoms with Crippen LogP contribution in [0.5, 0.6) is 0 Å². The number of allylic oxidation sites excluding steroid dienone is 6. The molecule has 1 nitrogen and oxygen atoms in total. The summed E-state index contributed by atoms with van der Waals surface area (Å²) >= 11 is 0. The number of hydrogen-bond donors (Lipinski definition) is 0. The SMILES string of the molecule is CC=C(C)C(=O)CC(C)=CCC=C(C)C. The van der Waals surface area contributed by atoms with Crippen molar-refractivity contribution in [1.82, 2.24) is 0 Å². The first-order valence-electron chi connectivity index (χ1n) is 5.42. The number of ketones is 1. The molecular formula is C14H22O. The van der Waals surface area contributed by atoms with Crippen molar-refractivity contribution < 1.29 is 4.79 Å². The third-order valence-corrected chi connectivity index (χ3v) is 2.30. The topological polar surface area (TPSA) is 17.1 Å². The molecule has 15 heavy (non-hydrogen) atoms. The lowest BCUT2D eigenvalue weighted by Gasteiger charge is -2.00. The van der Waals surface area contributed by atoms with Crippen LogP contribution in [0.2, 0.25) is 0 Å². The fourth-order valence-corrected chi connectivity index (χ4v) is 1.12. The molecule has 0 amide bonds. The van der Waals surface area contributed by atoms with E-state index in [1.165, 1.54) is 5.57 Å². The van der Waals surface area contributed by atoms with E-state index in [9.17, 15) is 4.79 Å². The fourth-order valence-electron chi connectivity index (χ4n) is 1.12. The van der Waals surface area contributed by atoms with Gasteiger partial charge in [0, 0.05) is 6.42 Å². The second-order valence-corrected chi connectivity index (χ2v) is 4.14. The van der Waals surface area contributed by atoms with Crippen molar-refractivity contribution in [1.29, 1.82) is 0 Å². The van der Waals surface area contributed by atoms with E-state index in [1.54, 1.807) is 0 Å². The highest BCUT2D eigenvalue weighted by Gasteiger charge is 2.03. The molecule has 1 heteroatoms. The maximum atomic E-state index is 11.6. The Morgan fingerprint density at radius 3 is 2.13 bits per heavy atom. The van der Waals surface area contributed by atoms with Crippen LogP contribution >= 0.6 is 0 Å². The highest BCUT2D eigenvalue weighted by Crippen LogP contribution is 2.08. The fraction of sp³-hybridized carbons (Fsp3) is 0.500. The molecule has 0 aromatic rings. The van der Waals surface area contributed by atoms with Gasteiger partial charge in [0.1, 0.15) is 0 Å². The summed E-state index contributed by atoms with van der Waals surface area (Å²) in [5.41, 5.74) is 3.32. The molecule has 0 saturated carbocycles. The van der Waals surface area contributed by atoms with Crippen LogP contribution < -0.4 is 0 Å². The van der Waals surface area contributed by atoms with Crippen LogP contribution in [0, 0.1) is 0 Å². The van der Waals surface area contributed by atoms with Gasteiger partial charge in [0.15, 0.2) is 5.78 Å². The van der Waals surface area contributed by atoms with Gasteiger partial charge < -0.3 is 0 Å². The second kappa shape index (κ2) is 7.22. The van der Waals surface area contributed by atoms with Gasteiger partial charge in [0.2, 0.25) is 0 Å². The first-order chi connectivity index (χ1) is 6.97. The molecule has 0 bridgehead atoms. The average molecular weight is 206 g/mol. The molecule has 0 aliphatic heterocycles. The molecule has 0 aromatic carbocycles. The Kier molecular flexibility index (Phi) is 6.68. The van der Waals surface area contributed by atoms with Crippen LogP contribution in [0.15, 0.2) is 34.9 Å². The summed E-state index contributed by atoms with van der Waals surface area (Å²) in [6.45, 7) is 9.94. The van der Waals surface area contributed by atoms with Gasteiger partial charge in [-0.1, -0.05) is 29.4 Å². The minimum Gasteiger partial charge on any atom is -0.294 e. The molecule has 0 saturated heterocycles. The number of carbonyl (C=O) groups is 1. The molecule has 0 aromatic heterocycles. The smallest absolute Gasteiger partial charge is 0.162 e. The molecule has 0 N–H and O–H groups in total. The minimum absolute atomic E-state index is 0.225. The van der Waals surface area contributed by atoms with E-state index in [0.29, 0.717) is 6.42 Å². The van der Waals surface area contributed by atoms with Crippen molar-refractivity contribution in [2.45, 2.75) is 47.5 Å². The summed E-state index contributed by atoms with van der Waals surface area (Å²) < 4.78 is 0. The summed E-state index contributed by atoms with van der Waals surface area (Å²) in [6, 6.07) is 0. The van der Waals surface area contributed by atoms with Gasteiger partial charge in [0.25, 0.3) is 0 Å². The summed E-state index contributed by atoms with van der Waals surface area (Å²) in [6.07, 6.45) is 7.62. The summed E-state index contributed by atoms with van der Waals surface area (Å²) in [5.74, 6) is 0.225. The largest absolute Gasteiger partial charge is 0.294 e. The van der Waals surface area contributed by atoms with Crippen LogP contribution in [0.4, 0.5) is 0 Å². The molecule has 0 atom stereocenters. The molecule has 0 heterocycles. The standard InChI is InChI=1S/C14H22O/c1-6-13(5)14(15)10-12(4)9-7-8-11(2)3/h6,8-9H,7,10H2,1-5H3. The van der Waals surface area contributed by atoms with Crippen LogP contribution in [-0.4, -0.2) is 5.78 Å². The van der Waals surface area contributed by atoms with E-state index in [0.717, 1.165) is 17.6 Å². The zero-order valence-electron chi connectivity index (χ0n) is 10.6. The monoisotopic (exact) mass is 206 g/mol. The van der Waals surface area contributed by atoms with Gasteiger partial charge >= 0.3 is 0 Å². The Hall–Kier alpha value is -1.11. The Bertz CT molecular complexity index is 299. The predicted molar refractivity (Wildman–Crippen MR) is 66.9 cm³/mol. The molecular weight excluding hydrogens is 184 g/mol. The normalized spacial score (nSPS) is 12.6. The second-order valence-electron chi connectivity index (χ2n) is 4.14. The highest BCUT2D eigenvalue weighted by molar-refractivity contribution is 5.96. The van der Waals surface area contributed by atoms with Crippen LogP contribution in [0.3, 0.4) is 0 Å². The van der Waals surface area contributed by atoms with Crippen molar-refractivity contribution in [3.05, 3.63) is 34.9 Å². The van der Waals surface area contributed by atoms with E-state index in [4.69, 9.17) is 0 Å². The lowest BCUT2D eigenvalue weighted by Crippen LogP contribution is -1.99. The van der Waals surface area contributed by atoms with Gasteiger partial charge in [-0.2, -0.15) is 0 Å². The molecule has 0 spiro atoms. The van der Waals surface area contributed by atoms with Crippen molar-refractivity contribution >= 4 is 5.78 Å². The summed E-state index contributed by atoms with van der Waals surface area (Å²) in [4.78, 5) is 11.6. The molecule has 0 aliphatic carbocycles. The van der Waals surface area contributed by atoms with Gasteiger partial charge in [-0.15, -0.1) is 0 Å². The Labute approximate surface area is 93.6 Å². The minimum atomic E-state index is 0.225. The van der Waals surface area contributed by atoms with Gasteiger partial charge in [0.05, 0.1) is 0 Å². The highest BCUT2D eigenvalue weighted by atomic mass is 16.1. The summed E-state index contributed by atoms with van der Waals surface area (Å²) in [7, 11) is 0.